The Bertz CT molecular complexity index is 1670. The van der Waals surface area contributed by atoms with Gasteiger partial charge in [0.05, 0.1) is 43.2 Å². The van der Waals surface area contributed by atoms with E-state index in [4.69, 9.17) is 19.2 Å². The van der Waals surface area contributed by atoms with Crippen LogP contribution < -0.4 is 10.6 Å². The van der Waals surface area contributed by atoms with E-state index >= 15 is 0 Å². The number of ether oxygens (including phenoxy) is 1. The van der Waals surface area contributed by atoms with E-state index in [9.17, 15) is 9.90 Å². The summed E-state index contributed by atoms with van der Waals surface area (Å²) < 4.78 is 11.6. The molecule has 4 aromatic rings. The van der Waals surface area contributed by atoms with Crippen LogP contribution >= 0.6 is 0 Å². The molecule has 4 fully saturated rings. The van der Waals surface area contributed by atoms with Gasteiger partial charge in [0.1, 0.15) is 5.82 Å². The first-order valence-corrected chi connectivity index (χ1v) is 15.4. The van der Waals surface area contributed by atoms with Crippen LogP contribution in [-0.4, -0.2) is 81.9 Å². The zero-order valence-corrected chi connectivity index (χ0v) is 24.4. The molecule has 2 aromatic heterocycles. The fourth-order valence-corrected chi connectivity index (χ4v) is 7.15. The summed E-state index contributed by atoms with van der Waals surface area (Å²) in [5.41, 5.74) is 4.80. The lowest BCUT2D eigenvalue weighted by atomic mass is 9.71. The maximum absolute atomic E-state index is 12.9. The number of aliphatic hydroxyl groups excluding tert-OH is 1. The highest BCUT2D eigenvalue weighted by atomic mass is 16.5. The fraction of sp³-hybridized carbons (Fsp3) is 0.394. The quantitative estimate of drug-likeness (QED) is 0.272. The van der Waals surface area contributed by atoms with Gasteiger partial charge in [-0.15, -0.1) is 0 Å². The van der Waals surface area contributed by atoms with Crippen LogP contribution in [0.5, 0.6) is 0 Å². The molecule has 5 aliphatic heterocycles. The number of hydrogen-bond acceptors (Lipinski definition) is 10. The van der Waals surface area contributed by atoms with Crippen molar-refractivity contribution in [2.24, 2.45) is 0 Å². The second-order valence-corrected chi connectivity index (χ2v) is 12.2. The zero-order valence-electron chi connectivity index (χ0n) is 24.4. The summed E-state index contributed by atoms with van der Waals surface area (Å²) >= 11 is 0. The van der Waals surface area contributed by atoms with Gasteiger partial charge in [0.2, 0.25) is 0 Å². The van der Waals surface area contributed by atoms with Gasteiger partial charge < -0.3 is 34.8 Å². The lowest BCUT2D eigenvalue weighted by Crippen LogP contribution is -2.51. The van der Waals surface area contributed by atoms with Crippen molar-refractivity contribution >= 4 is 23.1 Å². The number of nitrogens with zero attached hydrogens (tertiary/aromatic N) is 5. The van der Waals surface area contributed by atoms with Gasteiger partial charge in [-0.2, -0.15) is 4.98 Å². The minimum atomic E-state index is -0.364. The molecule has 44 heavy (non-hydrogen) atoms. The Balaban J connectivity index is 1.12. The van der Waals surface area contributed by atoms with Crippen LogP contribution in [0.2, 0.25) is 0 Å². The number of amides is 1. The highest BCUT2D eigenvalue weighted by molar-refractivity contribution is 6.00. The summed E-state index contributed by atoms with van der Waals surface area (Å²) in [7, 11) is 0. The van der Waals surface area contributed by atoms with Gasteiger partial charge in [0, 0.05) is 35.5 Å². The average Bonchev–Trinajstić information content (AvgIpc) is 3.69. The summed E-state index contributed by atoms with van der Waals surface area (Å²) in [5.74, 6) is 1.83. The molecule has 2 aromatic carbocycles. The third kappa shape index (κ3) is 4.72. The Hall–Kier alpha value is -4.32. The summed E-state index contributed by atoms with van der Waals surface area (Å²) in [6.45, 7) is 4.75. The number of piperidine rings is 3. The monoisotopic (exact) mass is 593 g/mol. The second kappa shape index (κ2) is 11.0. The van der Waals surface area contributed by atoms with E-state index in [0.717, 1.165) is 67.1 Å². The van der Waals surface area contributed by atoms with E-state index in [1.165, 1.54) is 0 Å². The number of carbonyl (C=O) groups excluding carboxylic acids is 1. The normalized spacial score (nSPS) is 24.6. The van der Waals surface area contributed by atoms with E-state index < -0.39 is 0 Å². The van der Waals surface area contributed by atoms with Crippen molar-refractivity contribution in [2.45, 2.75) is 36.8 Å². The molecular formula is C33H35N7O4. The number of rotatable bonds is 8. The first-order valence-electron chi connectivity index (χ1n) is 15.4. The van der Waals surface area contributed by atoms with Crippen molar-refractivity contribution in [1.29, 1.82) is 0 Å². The number of morpholine rings is 1. The molecule has 0 aliphatic carbocycles. The molecule has 11 nitrogen and oxygen atoms in total. The summed E-state index contributed by atoms with van der Waals surface area (Å²) in [5, 5.41) is 21.8. The Morgan fingerprint density at radius 3 is 2.64 bits per heavy atom. The maximum Gasteiger partial charge on any atom is 0.261 e. The summed E-state index contributed by atoms with van der Waals surface area (Å²) in [4.78, 5) is 26.9. The number of anilines is 3. The van der Waals surface area contributed by atoms with Gasteiger partial charge in [0.25, 0.3) is 11.8 Å². The molecule has 3 N–H and O–H groups in total. The number of aliphatic hydroxyl groups is 1. The lowest BCUT2D eigenvalue weighted by molar-refractivity contribution is 0.00444. The van der Waals surface area contributed by atoms with E-state index in [1.54, 1.807) is 6.20 Å². The van der Waals surface area contributed by atoms with Crippen LogP contribution in [0.15, 0.2) is 65.3 Å². The molecule has 2 bridgehead atoms. The number of pyridine rings is 1. The Morgan fingerprint density at radius 1 is 1.02 bits per heavy atom. The molecule has 0 spiro atoms. The molecular weight excluding hydrogens is 558 g/mol. The first-order chi connectivity index (χ1) is 21.6. The van der Waals surface area contributed by atoms with Gasteiger partial charge in [-0.05, 0) is 68.2 Å². The number of hydrogen-bond donors (Lipinski definition) is 3. The van der Waals surface area contributed by atoms with Crippen molar-refractivity contribution in [1.82, 2.24) is 24.9 Å². The molecule has 11 heteroatoms. The highest BCUT2D eigenvalue weighted by Gasteiger charge is 2.44. The molecule has 2 atom stereocenters. The predicted octanol–water partition coefficient (Wildman–Crippen LogP) is 4.29. The summed E-state index contributed by atoms with van der Waals surface area (Å²) in [6, 6.07) is 17.1. The third-order valence-corrected chi connectivity index (χ3v) is 9.77. The number of nitrogens with one attached hydrogen (secondary N) is 2. The first kappa shape index (κ1) is 27.2. The summed E-state index contributed by atoms with van der Waals surface area (Å²) in [6.07, 6.45) is 4.85. The second-order valence-electron chi connectivity index (χ2n) is 12.2. The van der Waals surface area contributed by atoms with Gasteiger partial charge >= 0.3 is 0 Å². The standard InChI is InChI=1S/C33H35N7O4/c41-19-27(21-4-2-1-3-5-21)36-26-17-29(35-22-6-7-23-24(16-22)28-20-43-15-14-40(28)31(23)42)34-18-25(26)30-37-32(38-44-30)33-8-11-39(12-9-33)13-10-33/h1-7,16-18,27-28,41H,8-15,19-20H2,(H2,34,35,36)/t27-,28?/m1/s1. The SMILES string of the molecule is O=C1c2ccc(Nc3cc(N[C@H](CO)c4ccccc4)c(-c4nc(C56CCN(CC5)CC6)no4)cn3)cc2C2COCCN12. The largest absolute Gasteiger partial charge is 0.394 e. The number of carbonyl (C=O) groups is 1. The molecule has 0 saturated carbocycles. The smallest absolute Gasteiger partial charge is 0.261 e. The van der Waals surface area contributed by atoms with Gasteiger partial charge in [-0.3, -0.25) is 4.79 Å². The zero-order chi connectivity index (χ0) is 29.7. The third-order valence-electron chi connectivity index (χ3n) is 9.77. The molecule has 5 aliphatic rings. The van der Waals surface area contributed by atoms with Gasteiger partial charge in [-0.25, -0.2) is 4.98 Å². The lowest BCUT2D eigenvalue weighted by Gasteiger charge is -2.46. The molecule has 4 saturated heterocycles. The number of benzene rings is 2. The van der Waals surface area contributed by atoms with Crippen LogP contribution in [0, 0.1) is 0 Å². The predicted molar refractivity (Wildman–Crippen MR) is 164 cm³/mol. The van der Waals surface area contributed by atoms with E-state index in [2.05, 4.69) is 20.7 Å². The van der Waals surface area contributed by atoms with Crippen LogP contribution in [0.4, 0.5) is 17.2 Å². The number of fused-ring (bicyclic) bond motifs is 6. The molecule has 9 rings (SSSR count). The van der Waals surface area contributed by atoms with Gasteiger partial charge in [-0.1, -0.05) is 35.5 Å². The van der Waals surface area contributed by atoms with Crippen molar-refractivity contribution < 1.29 is 19.2 Å². The Morgan fingerprint density at radius 2 is 1.84 bits per heavy atom. The molecule has 0 radical (unpaired) electrons. The average molecular weight is 594 g/mol. The molecule has 1 unspecified atom stereocenters. The van der Waals surface area contributed by atoms with Crippen LogP contribution in [0.3, 0.4) is 0 Å². The minimum Gasteiger partial charge on any atom is -0.394 e. The van der Waals surface area contributed by atoms with Crippen molar-refractivity contribution in [3.8, 4) is 11.5 Å². The maximum atomic E-state index is 12.9. The fourth-order valence-electron chi connectivity index (χ4n) is 7.15. The number of aromatic nitrogens is 3. The van der Waals surface area contributed by atoms with E-state index in [1.807, 2.05) is 59.5 Å². The highest BCUT2D eigenvalue weighted by Crippen LogP contribution is 2.43. The molecule has 1 amide bonds. The topological polar surface area (TPSA) is 129 Å². The van der Waals surface area contributed by atoms with Crippen molar-refractivity contribution in [2.75, 3.05) is 56.6 Å². The van der Waals surface area contributed by atoms with E-state index in [0.29, 0.717) is 42.7 Å². The van der Waals surface area contributed by atoms with Crippen LogP contribution in [0.1, 0.15) is 58.7 Å². The molecule has 226 valence electrons. The Kier molecular flexibility index (Phi) is 6.81. The van der Waals surface area contributed by atoms with Gasteiger partial charge in [0.15, 0.2) is 5.82 Å². The van der Waals surface area contributed by atoms with Crippen molar-refractivity contribution in [3.05, 3.63) is 83.3 Å². The minimum absolute atomic E-state index is 0.0371. The van der Waals surface area contributed by atoms with Crippen molar-refractivity contribution in [3.63, 3.8) is 0 Å². The van der Waals surface area contributed by atoms with Crippen LogP contribution in [-0.2, 0) is 10.2 Å². The Labute approximate surface area is 255 Å². The van der Waals surface area contributed by atoms with E-state index in [-0.39, 0.29) is 30.0 Å². The molecule has 7 heterocycles. The van der Waals surface area contributed by atoms with Crippen LogP contribution in [0.25, 0.3) is 11.5 Å².